The summed E-state index contributed by atoms with van der Waals surface area (Å²) in [4.78, 5) is 30.4. The molecule has 6 fully saturated rings. The van der Waals surface area contributed by atoms with Crippen molar-refractivity contribution in [3.8, 4) is 0 Å². The summed E-state index contributed by atoms with van der Waals surface area (Å²) in [6, 6.07) is 0. The summed E-state index contributed by atoms with van der Waals surface area (Å²) in [6.07, 6.45) is 10.6. The average molecular weight is 446 g/mol. The molecule has 2 unspecified atom stereocenters. The van der Waals surface area contributed by atoms with E-state index in [1.165, 1.54) is 19.3 Å². The zero-order chi connectivity index (χ0) is 22.3. The van der Waals surface area contributed by atoms with Crippen LogP contribution in [0.25, 0.3) is 0 Å². The Bertz CT molecular complexity index is 657. The number of ether oxygens (including phenoxy) is 1. The van der Waals surface area contributed by atoms with E-state index in [2.05, 4.69) is 24.1 Å². The molecule has 2 heterocycles. The van der Waals surface area contributed by atoms with Crippen molar-refractivity contribution in [2.75, 3.05) is 39.3 Å². The lowest BCUT2D eigenvalue weighted by molar-refractivity contribution is -0.146. The van der Waals surface area contributed by atoms with Crippen LogP contribution in [-0.2, 0) is 14.3 Å². The molecule has 2 atom stereocenters. The molecule has 1 N–H and O–H groups in total. The second-order valence-corrected chi connectivity index (χ2v) is 12.0. The lowest BCUT2D eigenvalue weighted by Gasteiger charge is -2.55. The molecule has 2 aliphatic heterocycles. The number of hydrogen-bond acceptors (Lipinski definition) is 4. The fourth-order valence-corrected chi connectivity index (χ4v) is 8.18. The van der Waals surface area contributed by atoms with Crippen molar-refractivity contribution in [1.82, 2.24) is 15.1 Å². The molecule has 6 nitrogen and oxygen atoms in total. The molecular weight excluding hydrogens is 402 g/mol. The molecule has 4 bridgehead atoms. The molecule has 0 radical (unpaired) electrons. The Morgan fingerprint density at radius 3 is 2.06 bits per heavy atom. The number of likely N-dealkylation sites (tertiary alicyclic amines) is 1. The topological polar surface area (TPSA) is 61.9 Å². The van der Waals surface area contributed by atoms with E-state index in [1.54, 1.807) is 0 Å². The predicted molar refractivity (Wildman–Crippen MR) is 124 cm³/mol. The summed E-state index contributed by atoms with van der Waals surface area (Å²) in [5, 5.41) is 3.18. The van der Waals surface area contributed by atoms with Gasteiger partial charge in [0.15, 0.2) is 0 Å². The standard InChI is InChI=1S/C26H43N3O3/c1-18-15-28(16-19(2)32-18)17-20-4-7-29(8-5-20)24(30)3-6-27-25(31)26-12-21-9-22(13-26)11-23(10-21)14-26/h18-23H,3-17H2,1-2H3,(H,27,31). The van der Waals surface area contributed by atoms with Gasteiger partial charge in [-0.25, -0.2) is 0 Å². The third kappa shape index (κ3) is 4.86. The van der Waals surface area contributed by atoms with Gasteiger partial charge in [-0.05, 0) is 88.9 Å². The average Bonchev–Trinajstić information content (AvgIpc) is 2.72. The molecule has 0 spiro atoms. The van der Waals surface area contributed by atoms with E-state index in [9.17, 15) is 9.59 Å². The lowest BCUT2D eigenvalue weighted by atomic mass is 9.49. The monoisotopic (exact) mass is 445 g/mol. The number of nitrogens with zero attached hydrogens (tertiary/aromatic N) is 2. The van der Waals surface area contributed by atoms with Crippen LogP contribution in [0, 0.1) is 29.1 Å². The summed E-state index contributed by atoms with van der Waals surface area (Å²) < 4.78 is 5.85. The van der Waals surface area contributed by atoms with Crippen LogP contribution in [-0.4, -0.2) is 73.1 Å². The van der Waals surface area contributed by atoms with Gasteiger partial charge in [0.05, 0.1) is 12.2 Å². The molecule has 180 valence electrons. The molecule has 2 saturated heterocycles. The maximum atomic E-state index is 13.1. The van der Waals surface area contributed by atoms with Crippen molar-refractivity contribution < 1.29 is 14.3 Å². The zero-order valence-corrected chi connectivity index (χ0v) is 20.2. The fourth-order valence-electron chi connectivity index (χ4n) is 8.18. The summed E-state index contributed by atoms with van der Waals surface area (Å²) in [6.45, 7) is 9.71. The Hall–Kier alpha value is -1.14. The van der Waals surface area contributed by atoms with Gasteiger partial charge in [-0.2, -0.15) is 0 Å². The number of hydrogen-bond donors (Lipinski definition) is 1. The van der Waals surface area contributed by atoms with Gasteiger partial charge in [0.2, 0.25) is 11.8 Å². The Morgan fingerprint density at radius 1 is 0.938 bits per heavy atom. The number of carbonyl (C=O) groups excluding carboxylic acids is 2. The molecule has 32 heavy (non-hydrogen) atoms. The Labute approximate surface area is 193 Å². The van der Waals surface area contributed by atoms with Gasteiger partial charge in [-0.3, -0.25) is 14.5 Å². The molecule has 6 rings (SSSR count). The van der Waals surface area contributed by atoms with E-state index >= 15 is 0 Å². The minimum absolute atomic E-state index is 0.107. The smallest absolute Gasteiger partial charge is 0.226 e. The van der Waals surface area contributed by atoms with Gasteiger partial charge in [0.1, 0.15) is 0 Å². The first kappa shape index (κ1) is 22.6. The Morgan fingerprint density at radius 2 is 1.50 bits per heavy atom. The molecular formula is C26H43N3O3. The number of rotatable bonds is 6. The molecule has 6 heteroatoms. The van der Waals surface area contributed by atoms with E-state index in [-0.39, 0.29) is 17.2 Å². The Kier molecular flexibility index (Phi) is 6.54. The quantitative estimate of drug-likeness (QED) is 0.683. The van der Waals surface area contributed by atoms with Crippen LogP contribution in [0.5, 0.6) is 0 Å². The lowest BCUT2D eigenvalue weighted by Crippen LogP contribution is -2.54. The third-order valence-corrected chi connectivity index (χ3v) is 9.12. The normalized spacial score (nSPS) is 39.9. The zero-order valence-electron chi connectivity index (χ0n) is 20.2. The van der Waals surface area contributed by atoms with Gasteiger partial charge in [0.25, 0.3) is 0 Å². The van der Waals surface area contributed by atoms with Crippen molar-refractivity contribution in [1.29, 1.82) is 0 Å². The molecule has 2 amide bonds. The van der Waals surface area contributed by atoms with Crippen LogP contribution >= 0.6 is 0 Å². The highest BCUT2D eigenvalue weighted by Gasteiger charge is 2.54. The van der Waals surface area contributed by atoms with Crippen LogP contribution in [0.4, 0.5) is 0 Å². The van der Waals surface area contributed by atoms with E-state index < -0.39 is 0 Å². The highest BCUT2D eigenvalue weighted by atomic mass is 16.5. The largest absolute Gasteiger partial charge is 0.373 e. The van der Waals surface area contributed by atoms with Crippen LogP contribution in [0.15, 0.2) is 0 Å². The van der Waals surface area contributed by atoms with Crippen molar-refractivity contribution in [3.05, 3.63) is 0 Å². The first-order valence-electron chi connectivity index (χ1n) is 13.3. The fraction of sp³-hybridized carbons (Fsp3) is 0.923. The van der Waals surface area contributed by atoms with Crippen molar-refractivity contribution in [2.24, 2.45) is 29.1 Å². The number of amides is 2. The van der Waals surface area contributed by atoms with Gasteiger partial charge < -0.3 is 15.0 Å². The minimum atomic E-state index is -0.107. The first-order chi connectivity index (χ1) is 15.4. The van der Waals surface area contributed by atoms with Crippen molar-refractivity contribution in [2.45, 2.75) is 83.8 Å². The second kappa shape index (κ2) is 9.25. The van der Waals surface area contributed by atoms with E-state index in [0.29, 0.717) is 31.1 Å². The first-order valence-corrected chi connectivity index (χ1v) is 13.3. The maximum absolute atomic E-state index is 13.1. The molecule has 4 aliphatic carbocycles. The highest BCUT2D eigenvalue weighted by Crippen LogP contribution is 2.60. The van der Waals surface area contributed by atoms with Crippen LogP contribution in [0.3, 0.4) is 0 Å². The molecule has 0 aromatic rings. The summed E-state index contributed by atoms with van der Waals surface area (Å²) >= 11 is 0. The van der Waals surface area contributed by atoms with Crippen molar-refractivity contribution >= 4 is 11.8 Å². The summed E-state index contributed by atoms with van der Waals surface area (Å²) in [5.74, 6) is 3.46. The number of nitrogens with one attached hydrogen (secondary N) is 1. The van der Waals surface area contributed by atoms with E-state index in [1.807, 2.05) is 4.90 Å². The van der Waals surface area contributed by atoms with Gasteiger partial charge in [-0.15, -0.1) is 0 Å². The van der Waals surface area contributed by atoms with Crippen LogP contribution < -0.4 is 5.32 Å². The van der Waals surface area contributed by atoms with E-state index in [0.717, 1.165) is 82.6 Å². The second-order valence-electron chi connectivity index (χ2n) is 12.0. The highest BCUT2D eigenvalue weighted by molar-refractivity contribution is 5.84. The maximum Gasteiger partial charge on any atom is 0.226 e. The van der Waals surface area contributed by atoms with Crippen molar-refractivity contribution in [3.63, 3.8) is 0 Å². The number of carbonyl (C=O) groups is 2. The predicted octanol–water partition coefficient (Wildman–Crippen LogP) is 3.06. The third-order valence-electron chi connectivity index (χ3n) is 9.12. The molecule has 4 saturated carbocycles. The minimum Gasteiger partial charge on any atom is -0.373 e. The van der Waals surface area contributed by atoms with E-state index in [4.69, 9.17) is 4.74 Å². The number of piperidine rings is 1. The van der Waals surface area contributed by atoms with Gasteiger partial charge in [-0.1, -0.05) is 0 Å². The SMILES string of the molecule is CC1CN(CC2CCN(C(=O)CCNC(=O)C34CC5CC(CC(C5)C3)C4)CC2)CC(C)O1. The van der Waals surface area contributed by atoms with Gasteiger partial charge >= 0.3 is 0 Å². The molecule has 0 aromatic carbocycles. The molecule has 0 aromatic heterocycles. The van der Waals surface area contributed by atoms with Crippen LogP contribution in [0.1, 0.15) is 71.6 Å². The molecule has 6 aliphatic rings. The Balaban J connectivity index is 1.02. The van der Waals surface area contributed by atoms with Gasteiger partial charge in [0, 0.05) is 51.1 Å². The van der Waals surface area contributed by atoms with Crippen LogP contribution in [0.2, 0.25) is 0 Å². The summed E-state index contributed by atoms with van der Waals surface area (Å²) in [5.41, 5.74) is -0.107. The number of morpholine rings is 1. The summed E-state index contributed by atoms with van der Waals surface area (Å²) in [7, 11) is 0.